The minimum absolute atomic E-state index is 0.932. The fourth-order valence-electron chi connectivity index (χ4n) is 0.389. The predicted octanol–water partition coefficient (Wildman–Crippen LogP) is 1.14. The van der Waals surface area contributed by atoms with Gasteiger partial charge in [-0.2, -0.15) is 5.10 Å². The van der Waals surface area contributed by atoms with Gasteiger partial charge in [-0.3, -0.25) is 0 Å². The van der Waals surface area contributed by atoms with E-state index in [2.05, 4.69) is 10.2 Å². The monoisotopic (exact) mass is 114 g/mol. The summed E-state index contributed by atoms with van der Waals surface area (Å²) in [4.78, 5) is 0. The lowest BCUT2D eigenvalue weighted by atomic mass is 10.5. The third kappa shape index (κ3) is 1.03. The van der Waals surface area contributed by atoms with Crippen LogP contribution in [0.25, 0.3) is 0 Å². The van der Waals surface area contributed by atoms with Crippen molar-refractivity contribution in [2.24, 2.45) is 10.2 Å². The van der Waals surface area contributed by atoms with Gasteiger partial charge in [-0.05, 0) is 6.26 Å². The van der Waals surface area contributed by atoms with Gasteiger partial charge in [0.25, 0.3) is 0 Å². The lowest BCUT2D eigenvalue weighted by Gasteiger charge is -1.83. The topological polar surface area (TPSA) is 24.7 Å². The fourth-order valence-corrected chi connectivity index (χ4v) is 0.759. The average molecular weight is 114 g/mol. The maximum Gasteiger partial charge on any atom is 0.101 e. The molecule has 0 aliphatic carbocycles. The highest BCUT2D eigenvalue weighted by molar-refractivity contribution is 8.13. The summed E-state index contributed by atoms with van der Waals surface area (Å²) >= 11 is 1.66. The van der Waals surface area contributed by atoms with Gasteiger partial charge in [-0.1, -0.05) is 0 Å². The summed E-state index contributed by atoms with van der Waals surface area (Å²) in [6, 6.07) is 0. The smallest absolute Gasteiger partial charge is 0.101 e. The molecule has 0 bridgehead atoms. The standard InChI is InChI=1S/C4H6N2S/c1-7-4-2-3-5-6-4/h3H,2H2,1H3. The van der Waals surface area contributed by atoms with Crippen LogP contribution >= 0.6 is 11.8 Å². The Bertz CT molecular complexity index is 117. The molecule has 0 spiro atoms. The molecular weight excluding hydrogens is 108 g/mol. The maximum atomic E-state index is 3.80. The Kier molecular flexibility index (Phi) is 1.46. The molecular formula is C4H6N2S. The molecule has 3 heteroatoms. The number of hydrogen-bond donors (Lipinski definition) is 0. The molecule has 0 radical (unpaired) electrons. The second-order valence-electron chi connectivity index (χ2n) is 1.20. The van der Waals surface area contributed by atoms with Crippen LogP contribution in [0.5, 0.6) is 0 Å². The highest BCUT2D eigenvalue weighted by Crippen LogP contribution is 2.05. The molecule has 0 amide bonds. The Morgan fingerprint density at radius 1 is 1.86 bits per heavy atom. The van der Waals surface area contributed by atoms with Gasteiger partial charge in [0.15, 0.2) is 0 Å². The van der Waals surface area contributed by atoms with Gasteiger partial charge in [0.1, 0.15) is 5.04 Å². The molecule has 0 unspecified atom stereocenters. The minimum Gasteiger partial charge on any atom is -0.162 e. The van der Waals surface area contributed by atoms with Crippen LogP contribution in [0.15, 0.2) is 10.2 Å². The molecule has 1 aliphatic heterocycles. The first-order valence-corrected chi connectivity index (χ1v) is 3.28. The first-order valence-electron chi connectivity index (χ1n) is 2.06. The maximum absolute atomic E-state index is 3.80. The molecule has 0 N–H and O–H groups in total. The molecule has 1 rings (SSSR count). The fraction of sp³-hybridized carbons (Fsp3) is 0.500. The molecule has 2 nitrogen and oxygen atoms in total. The van der Waals surface area contributed by atoms with Crippen molar-refractivity contribution in [3.05, 3.63) is 0 Å². The Balaban J connectivity index is 2.45. The van der Waals surface area contributed by atoms with Crippen LogP contribution in [0.4, 0.5) is 0 Å². The third-order valence-corrected chi connectivity index (χ3v) is 1.47. The van der Waals surface area contributed by atoms with Crippen LogP contribution in [-0.2, 0) is 0 Å². The summed E-state index contributed by atoms with van der Waals surface area (Å²) in [6.07, 6.45) is 4.75. The molecule has 0 fully saturated rings. The summed E-state index contributed by atoms with van der Waals surface area (Å²) in [5.74, 6) is 0. The molecule has 0 aromatic heterocycles. The van der Waals surface area contributed by atoms with Crippen molar-refractivity contribution < 1.29 is 0 Å². The lowest BCUT2D eigenvalue weighted by Crippen LogP contribution is -1.82. The molecule has 38 valence electrons. The SMILES string of the molecule is CSC1=NN=CC1. The van der Waals surface area contributed by atoms with E-state index in [0.29, 0.717) is 0 Å². The summed E-state index contributed by atoms with van der Waals surface area (Å²) in [5, 5.41) is 8.59. The van der Waals surface area contributed by atoms with E-state index in [1.165, 1.54) is 0 Å². The number of thioether (sulfide) groups is 1. The van der Waals surface area contributed by atoms with Crippen LogP contribution < -0.4 is 0 Å². The van der Waals surface area contributed by atoms with Crippen LogP contribution in [0.2, 0.25) is 0 Å². The van der Waals surface area contributed by atoms with Gasteiger partial charge >= 0.3 is 0 Å². The quantitative estimate of drug-likeness (QED) is 0.463. The van der Waals surface area contributed by atoms with Gasteiger partial charge in [0.2, 0.25) is 0 Å². The third-order valence-electron chi connectivity index (χ3n) is 0.752. The van der Waals surface area contributed by atoms with Crippen LogP contribution in [0.1, 0.15) is 6.42 Å². The molecule has 0 aromatic carbocycles. The van der Waals surface area contributed by atoms with Crippen LogP contribution in [-0.4, -0.2) is 17.5 Å². The van der Waals surface area contributed by atoms with Crippen molar-refractivity contribution in [1.82, 2.24) is 0 Å². The zero-order valence-electron chi connectivity index (χ0n) is 4.09. The van der Waals surface area contributed by atoms with Crippen molar-refractivity contribution in [3.63, 3.8) is 0 Å². The van der Waals surface area contributed by atoms with E-state index in [4.69, 9.17) is 0 Å². The van der Waals surface area contributed by atoms with Gasteiger partial charge < -0.3 is 0 Å². The normalized spacial score (nSPS) is 17.6. The van der Waals surface area contributed by atoms with E-state index < -0.39 is 0 Å². The zero-order chi connectivity index (χ0) is 5.11. The first-order chi connectivity index (χ1) is 3.43. The van der Waals surface area contributed by atoms with E-state index in [1.54, 1.807) is 11.8 Å². The van der Waals surface area contributed by atoms with E-state index in [0.717, 1.165) is 11.5 Å². The molecule has 0 saturated carbocycles. The van der Waals surface area contributed by atoms with Gasteiger partial charge in [0.05, 0.1) is 0 Å². The van der Waals surface area contributed by atoms with E-state index in [1.807, 2.05) is 12.5 Å². The highest BCUT2D eigenvalue weighted by atomic mass is 32.2. The van der Waals surface area contributed by atoms with Gasteiger partial charge in [0, 0.05) is 12.6 Å². The average Bonchev–Trinajstić information content (AvgIpc) is 2.14. The second kappa shape index (κ2) is 2.12. The Hall–Kier alpha value is -0.310. The van der Waals surface area contributed by atoms with Crippen molar-refractivity contribution in [3.8, 4) is 0 Å². The minimum atomic E-state index is 0.932. The molecule has 7 heavy (non-hydrogen) atoms. The van der Waals surface area contributed by atoms with Gasteiger partial charge in [-0.25, -0.2) is 0 Å². The lowest BCUT2D eigenvalue weighted by molar-refractivity contribution is 1.29. The number of hydrogen-bond acceptors (Lipinski definition) is 3. The van der Waals surface area contributed by atoms with Crippen LogP contribution in [0, 0.1) is 0 Å². The van der Waals surface area contributed by atoms with Crippen molar-refractivity contribution in [2.45, 2.75) is 6.42 Å². The number of rotatable bonds is 0. The Morgan fingerprint density at radius 3 is 3.00 bits per heavy atom. The Labute approximate surface area is 46.7 Å². The first kappa shape index (κ1) is 4.84. The molecule has 1 aliphatic rings. The number of nitrogens with zero attached hydrogens (tertiary/aromatic N) is 2. The predicted molar refractivity (Wildman–Crippen MR) is 34.1 cm³/mol. The second-order valence-corrected chi connectivity index (χ2v) is 2.08. The van der Waals surface area contributed by atoms with E-state index >= 15 is 0 Å². The summed E-state index contributed by atoms with van der Waals surface area (Å²) < 4.78 is 0. The van der Waals surface area contributed by atoms with Gasteiger partial charge in [-0.15, -0.1) is 16.9 Å². The van der Waals surface area contributed by atoms with Crippen molar-refractivity contribution in [1.29, 1.82) is 0 Å². The van der Waals surface area contributed by atoms with E-state index in [9.17, 15) is 0 Å². The zero-order valence-corrected chi connectivity index (χ0v) is 4.90. The summed E-state index contributed by atoms with van der Waals surface area (Å²) in [5.41, 5.74) is 0. The highest BCUT2D eigenvalue weighted by Gasteiger charge is 1.96. The molecule has 0 aromatic rings. The van der Waals surface area contributed by atoms with Crippen LogP contribution in [0.3, 0.4) is 0 Å². The van der Waals surface area contributed by atoms with Crippen molar-refractivity contribution >= 4 is 23.0 Å². The summed E-state index contributed by atoms with van der Waals surface area (Å²) in [6.45, 7) is 0. The van der Waals surface area contributed by atoms with Crippen molar-refractivity contribution in [2.75, 3.05) is 6.26 Å². The largest absolute Gasteiger partial charge is 0.162 e. The molecule has 0 atom stereocenters. The Morgan fingerprint density at radius 2 is 2.71 bits per heavy atom. The summed E-state index contributed by atoms with van der Waals surface area (Å²) in [7, 11) is 0. The molecule has 1 heterocycles. The van der Waals surface area contributed by atoms with E-state index in [-0.39, 0.29) is 0 Å². The molecule has 0 saturated heterocycles.